The minimum atomic E-state index is -0.485. The molecule has 1 fully saturated rings. The zero-order valence-electron chi connectivity index (χ0n) is 15.4. The fourth-order valence-electron chi connectivity index (χ4n) is 4.36. The minimum absolute atomic E-state index is 0.0527. The minimum Gasteiger partial charge on any atom is -0.363 e. The maximum Gasteiger partial charge on any atom is 0.256 e. The molecule has 6 nitrogen and oxygen atoms in total. The van der Waals surface area contributed by atoms with Crippen LogP contribution in [-0.4, -0.2) is 47.0 Å². The van der Waals surface area contributed by atoms with Crippen molar-refractivity contribution in [2.45, 2.75) is 37.8 Å². The highest BCUT2D eigenvalue weighted by Crippen LogP contribution is 2.30. The molecule has 0 radical (unpaired) electrons. The van der Waals surface area contributed by atoms with Gasteiger partial charge >= 0.3 is 0 Å². The van der Waals surface area contributed by atoms with Crippen LogP contribution in [0.5, 0.6) is 0 Å². The number of nitrogens with zero attached hydrogens (tertiary/aromatic N) is 3. The molecule has 2 aromatic rings. The number of carbonyl (C=O) groups excluding carboxylic acids is 1. The van der Waals surface area contributed by atoms with E-state index in [4.69, 9.17) is 9.72 Å². The Morgan fingerprint density at radius 3 is 3.04 bits per heavy atom. The van der Waals surface area contributed by atoms with E-state index in [0.717, 1.165) is 55.0 Å². The van der Waals surface area contributed by atoms with Crippen molar-refractivity contribution in [1.29, 1.82) is 0 Å². The molecule has 1 amide bonds. The SMILES string of the molecule is O=C([C@@H]1OCCc2ccccc21)N1CCc2nc([C@@H]3CCNC3)ncc2C1. The van der Waals surface area contributed by atoms with Crippen LogP contribution in [0.4, 0.5) is 0 Å². The number of carbonyl (C=O) groups is 1. The van der Waals surface area contributed by atoms with Gasteiger partial charge in [0, 0.05) is 43.7 Å². The van der Waals surface area contributed by atoms with Gasteiger partial charge in [-0.25, -0.2) is 9.97 Å². The smallest absolute Gasteiger partial charge is 0.256 e. The Balaban J connectivity index is 1.34. The number of benzene rings is 1. The summed E-state index contributed by atoms with van der Waals surface area (Å²) in [5, 5.41) is 3.37. The third kappa shape index (κ3) is 3.13. The molecule has 3 aliphatic rings. The zero-order chi connectivity index (χ0) is 18.2. The van der Waals surface area contributed by atoms with Gasteiger partial charge in [-0.05, 0) is 30.5 Å². The van der Waals surface area contributed by atoms with E-state index in [1.54, 1.807) is 0 Å². The van der Waals surface area contributed by atoms with Crippen LogP contribution in [0.25, 0.3) is 0 Å². The van der Waals surface area contributed by atoms with Gasteiger partial charge in [-0.1, -0.05) is 24.3 Å². The van der Waals surface area contributed by atoms with E-state index in [9.17, 15) is 4.79 Å². The number of nitrogens with one attached hydrogen (secondary N) is 1. The Hall–Kier alpha value is -2.31. The molecular formula is C21H24N4O2. The van der Waals surface area contributed by atoms with Crippen molar-refractivity contribution >= 4 is 5.91 Å². The second-order valence-corrected chi connectivity index (χ2v) is 7.60. The summed E-state index contributed by atoms with van der Waals surface area (Å²) < 4.78 is 5.86. The molecule has 6 heteroatoms. The fourth-order valence-corrected chi connectivity index (χ4v) is 4.36. The summed E-state index contributed by atoms with van der Waals surface area (Å²) in [5.41, 5.74) is 4.40. The quantitative estimate of drug-likeness (QED) is 0.879. The zero-order valence-corrected chi connectivity index (χ0v) is 15.4. The van der Waals surface area contributed by atoms with Crippen LogP contribution in [0.15, 0.2) is 30.5 Å². The molecule has 4 heterocycles. The Morgan fingerprint density at radius 2 is 2.15 bits per heavy atom. The van der Waals surface area contributed by atoms with Gasteiger partial charge in [-0.15, -0.1) is 0 Å². The van der Waals surface area contributed by atoms with E-state index >= 15 is 0 Å². The number of amides is 1. The molecular weight excluding hydrogens is 340 g/mol. The van der Waals surface area contributed by atoms with E-state index in [1.807, 2.05) is 29.3 Å². The third-order valence-corrected chi connectivity index (χ3v) is 5.91. The second-order valence-electron chi connectivity index (χ2n) is 7.60. The maximum absolute atomic E-state index is 13.2. The summed E-state index contributed by atoms with van der Waals surface area (Å²) in [6, 6.07) is 8.11. The molecule has 140 valence electrons. The molecule has 3 aliphatic heterocycles. The van der Waals surface area contributed by atoms with Gasteiger partial charge in [0.1, 0.15) is 5.82 Å². The lowest BCUT2D eigenvalue weighted by Crippen LogP contribution is -2.41. The molecule has 5 rings (SSSR count). The first-order valence-electron chi connectivity index (χ1n) is 9.83. The highest BCUT2D eigenvalue weighted by Gasteiger charge is 2.33. The largest absolute Gasteiger partial charge is 0.363 e. The van der Waals surface area contributed by atoms with Crippen LogP contribution in [0.1, 0.15) is 46.7 Å². The molecule has 0 unspecified atom stereocenters. The predicted molar refractivity (Wildman–Crippen MR) is 100 cm³/mol. The summed E-state index contributed by atoms with van der Waals surface area (Å²) in [6.07, 6.45) is 4.19. The Kier molecular flexibility index (Phi) is 4.38. The predicted octanol–water partition coefficient (Wildman–Crippen LogP) is 1.75. The number of fused-ring (bicyclic) bond motifs is 2. The molecule has 27 heavy (non-hydrogen) atoms. The normalized spacial score (nSPS) is 24.4. The van der Waals surface area contributed by atoms with Crippen LogP contribution in [0, 0.1) is 0 Å². The number of aromatic nitrogens is 2. The highest BCUT2D eigenvalue weighted by molar-refractivity contribution is 5.83. The molecule has 1 aromatic heterocycles. The summed E-state index contributed by atoms with van der Waals surface area (Å²) in [4.78, 5) is 24.5. The summed E-state index contributed by atoms with van der Waals surface area (Å²) >= 11 is 0. The Labute approximate surface area is 159 Å². The second kappa shape index (κ2) is 7.02. The first-order valence-corrected chi connectivity index (χ1v) is 9.83. The van der Waals surface area contributed by atoms with Gasteiger partial charge in [-0.2, -0.15) is 0 Å². The van der Waals surface area contributed by atoms with Gasteiger partial charge in [0.2, 0.25) is 0 Å². The van der Waals surface area contributed by atoms with Gasteiger partial charge < -0.3 is 15.0 Å². The lowest BCUT2D eigenvalue weighted by molar-refractivity contribution is -0.146. The summed E-state index contributed by atoms with van der Waals surface area (Å²) in [5.74, 6) is 1.42. The lowest BCUT2D eigenvalue weighted by atomic mass is 9.96. The molecule has 1 saturated heterocycles. The first kappa shape index (κ1) is 16.8. The van der Waals surface area contributed by atoms with Crippen LogP contribution in [0.3, 0.4) is 0 Å². The van der Waals surface area contributed by atoms with Crippen molar-refractivity contribution in [2.75, 3.05) is 26.2 Å². The van der Waals surface area contributed by atoms with Crippen molar-refractivity contribution in [2.24, 2.45) is 0 Å². The van der Waals surface area contributed by atoms with E-state index in [-0.39, 0.29) is 5.91 Å². The monoisotopic (exact) mass is 364 g/mol. The number of hydrogen-bond acceptors (Lipinski definition) is 5. The highest BCUT2D eigenvalue weighted by atomic mass is 16.5. The van der Waals surface area contributed by atoms with E-state index in [1.165, 1.54) is 5.56 Å². The number of ether oxygens (including phenoxy) is 1. The van der Waals surface area contributed by atoms with Crippen LogP contribution in [0.2, 0.25) is 0 Å². The number of hydrogen-bond donors (Lipinski definition) is 1. The molecule has 0 aliphatic carbocycles. The van der Waals surface area contributed by atoms with Crippen LogP contribution >= 0.6 is 0 Å². The van der Waals surface area contributed by atoms with Gasteiger partial charge in [-0.3, -0.25) is 4.79 Å². The molecule has 2 atom stereocenters. The Morgan fingerprint density at radius 1 is 1.22 bits per heavy atom. The average Bonchev–Trinajstić information content (AvgIpc) is 3.27. The number of rotatable bonds is 2. The molecule has 0 bridgehead atoms. The first-order chi connectivity index (χ1) is 13.3. The summed E-state index contributed by atoms with van der Waals surface area (Å²) in [6.45, 7) is 3.85. The van der Waals surface area contributed by atoms with Crippen molar-refractivity contribution in [3.05, 3.63) is 58.7 Å². The van der Waals surface area contributed by atoms with Crippen LogP contribution < -0.4 is 5.32 Å². The van der Waals surface area contributed by atoms with E-state index in [2.05, 4.69) is 16.4 Å². The van der Waals surface area contributed by atoms with E-state index in [0.29, 0.717) is 25.6 Å². The van der Waals surface area contributed by atoms with Crippen molar-refractivity contribution in [1.82, 2.24) is 20.2 Å². The maximum atomic E-state index is 13.2. The topological polar surface area (TPSA) is 67.3 Å². The standard InChI is InChI=1S/C21H24N4O2/c26-21(19-17-4-2-1-3-14(17)7-10-27-19)25-9-6-18-16(13-25)12-23-20(24-18)15-5-8-22-11-15/h1-4,12,15,19,22H,5-11,13H2/t15-,19-/m1/s1. The van der Waals surface area contributed by atoms with Crippen molar-refractivity contribution in [3.8, 4) is 0 Å². The fraction of sp³-hybridized carbons (Fsp3) is 0.476. The lowest BCUT2D eigenvalue weighted by Gasteiger charge is -2.33. The van der Waals surface area contributed by atoms with Gasteiger partial charge in [0.05, 0.1) is 12.3 Å². The van der Waals surface area contributed by atoms with Crippen molar-refractivity contribution in [3.63, 3.8) is 0 Å². The van der Waals surface area contributed by atoms with Gasteiger partial charge in [0.15, 0.2) is 6.10 Å². The molecule has 0 saturated carbocycles. The molecule has 1 N–H and O–H groups in total. The Bertz CT molecular complexity index is 863. The van der Waals surface area contributed by atoms with Gasteiger partial charge in [0.25, 0.3) is 5.91 Å². The average molecular weight is 364 g/mol. The molecule has 0 spiro atoms. The van der Waals surface area contributed by atoms with Crippen molar-refractivity contribution < 1.29 is 9.53 Å². The third-order valence-electron chi connectivity index (χ3n) is 5.91. The summed E-state index contributed by atoms with van der Waals surface area (Å²) in [7, 11) is 0. The van der Waals surface area contributed by atoms with E-state index < -0.39 is 6.10 Å². The van der Waals surface area contributed by atoms with Crippen LogP contribution in [-0.2, 0) is 28.9 Å². The molecule has 1 aromatic carbocycles.